The SMILES string of the molecule is Cc1ccc(CNC(=O)CN2[C@H](C)CC(O)C[C@H]2C)cc1. The van der Waals surface area contributed by atoms with Crippen molar-refractivity contribution in [3.63, 3.8) is 0 Å². The van der Waals surface area contributed by atoms with Crippen LogP contribution in [0.5, 0.6) is 0 Å². The average Bonchev–Trinajstić information content (AvgIpc) is 2.42. The number of carbonyl (C=O) groups is 1. The molecule has 2 atom stereocenters. The summed E-state index contributed by atoms with van der Waals surface area (Å²) < 4.78 is 0. The monoisotopic (exact) mass is 290 g/mol. The summed E-state index contributed by atoms with van der Waals surface area (Å²) in [5.74, 6) is 0.0469. The van der Waals surface area contributed by atoms with Crippen LogP contribution in [0.3, 0.4) is 0 Å². The third-order valence-corrected chi connectivity index (χ3v) is 4.30. The number of aryl methyl sites for hydroxylation is 1. The summed E-state index contributed by atoms with van der Waals surface area (Å²) in [6.07, 6.45) is 1.26. The highest BCUT2D eigenvalue weighted by Gasteiger charge is 2.30. The Morgan fingerprint density at radius 3 is 2.38 bits per heavy atom. The fourth-order valence-electron chi connectivity index (χ4n) is 3.03. The van der Waals surface area contributed by atoms with Crippen LogP contribution in [0.1, 0.15) is 37.8 Å². The van der Waals surface area contributed by atoms with Gasteiger partial charge in [0.25, 0.3) is 0 Å². The lowest BCUT2D eigenvalue weighted by molar-refractivity contribution is -0.124. The zero-order valence-corrected chi connectivity index (χ0v) is 13.2. The largest absolute Gasteiger partial charge is 0.393 e. The molecular weight excluding hydrogens is 264 g/mol. The fourth-order valence-corrected chi connectivity index (χ4v) is 3.03. The van der Waals surface area contributed by atoms with Crippen molar-refractivity contribution < 1.29 is 9.90 Å². The summed E-state index contributed by atoms with van der Waals surface area (Å²) in [5, 5.41) is 12.7. The van der Waals surface area contributed by atoms with Crippen LogP contribution in [-0.4, -0.2) is 40.6 Å². The van der Waals surface area contributed by atoms with Gasteiger partial charge in [0, 0.05) is 18.6 Å². The Morgan fingerprint density at radius 1 is 1.24 bits per heavy atom. The third kappa shape index (κ3) is 4.55. The first-order valence-corrected chi connectivity index (χ1v) is 7.71. The van der Waals surface area contributed by atoms with Crippen molar-refractivity contribution in [2.24, 2.45) is 0 Å². The minimum atomic E-state index is -0.234. The van der Waals surface area contributed by atoms with Gasteiger partial charge in [0.05, 0.1) is 12.6 Å². The zero-order valence-electron chi connectivity index (χ0n) is 13.2. The van der Waals surface area contributed by atoms with E-state index in [0.717, 1.165) is 18.4 Å². The summed E-state index contributed by atoms with van der Waals surface area (Å²) in [4.78, 5) is 14.3. The van der Waals surface area contributed by atoms with E-state index < -0.39 is 0 Å². The molecule has 0 bridgehead atoms. The van der Waals surface area contributed by atoms with E-state index in [1.165, 1.54) is 5.56 Å². The number of nitrogens with zero attached hydrogens (tertiary/aromatic N) is 1. The van der Waals surface area contributed by atoms with E-state index in [1.54, 1.807) is 0 Å². The summed E-state index contributed by atoms with van der Waals surface area (Å²) in [6, 6.07) is 8.67. The molecule has 21 heavy (non-hydrogen) atoms. The molecule has 1 aliphatic heterocycles. The summed E-state index contributed by atoms with van der Waals surface area (Å²) in [5.41, 5.74) is 2.34. The molecule has 0 saturated carbocycles. The highest BCUT2D eigenvalue weighted by Crippen LogP contribution is 2.22. The van der Waals surface area contributed by atoms with Gasteiger partial charge >= 0.3 is 0 Å². The van der Waals surface area contributed by atoms with Crippen LogP contribution in [0, 0.1) is 6.92 Å². The number of nitrogens with one attached hydrogen (secondary N) is 1. The van der Waals surface area contributed by atoms with Gasteiger partial charge in [0.15, 0.2) is 0 Å². The van der Waals surface area contributed by atoms with Crippen LogP contribution in [0.25, 0.3) is 0 Å². The molecule has 1 fully saturated rings. The molecule has 4 heteroatoms. The summed E-state index contributed by atoms with van der Waals surface area (Å²) >= 11 is 0. The molecule has 1 aromatic carbocycles. The maximum Gasteiger partial charge on any atom is 0.234 e. The standard InChI is InChI=1S/C17H26N2O2/c1-12-4-6-15(7-5-12)10-18-17(21)11-19-13(2)8-16(20)9-14(19)3/h4-7,13-14,16,20H,8-11H2,1-3H3,(H,18,21)/t13-,14-/m1/s1. The second-order valence-electron chi connectivity index (χ2n) is 6.26. The van der Waals surface area contributed by atoms with Crippen LogP contribution in [0.15, 0.2) is 24.3 Å². The second kappa shape index (κ2) is 7.05. The molecule has 1 amide bonds. The van der Waals surface area contributed by atoms with Gasteiger partial charge in [-0.2, -0.15) is 0 Å². The molecule has 1 heterocycles. The Bertz CT molecular complexity index is 460. The van der Waals surface area contributed by atoms with Crippen LogP contribution in [-0.2, 0) is 11.3 Å². The first-order valence-electron chi connectivity index (χ1n) is 7.71. The van der Waals surface area contributed by atoms with Gasteiger partial charge in [0.1, 0.15) is 0 Å². The number of piperidine rings is 1. The van der Waals surface area contributed by atoms with E-state index >= 15 is 0 Å². The van der Waals surface area contributed by atoms with Crippen LogP contribution >= 0.6 is 0 Å². The van der Waals surface area contributed by atoms with Crippen LogP contribution in [0.2, 0.25) is 0 Å². The van der Waals surface area contributed by atoms with Crippen molar-refractivity contribution >= 4 is 5.91 Å². The summed E-state index contributed by atoms with van der Waals surface area (Å²) in [7, 11) is 0. The number of hydrogen-bond donors (Lipinski definition) is 2. The first-order chi connectivity index (χ1) is 9.95. The average molecular weight is 290 g/mol. The Kier molecular flexibility index (Phi) is 5.37. The lowest BCUT2D eigenvalue weighted by atomic mass is 9.95. The molecule has 1 aromatic rings. The smallest absolute Gasteiger partial charge is 0.234 e. The minimum absolute atomic E-state index is 0.0469. The van der Waals surface area contributed by atoms with Gasteiger partial charge in [-0.1, -0.05) is 29.8 Å². The lowest BCUT2D eigenvalue weighted by Gasteiger charge is -2.40. The van der Waals surface area contributed by atoms with Gasteiger partial charge in [-0.3, -0.25) is 9.69 Å². The topological polar surface area (TPSA) is 52.6 Å². The Balaban J connectivity index is 1.82. The predicted molar refractivity (Wildman–Crippen MR) is 83.9 cm³/mol. The molecule has 0 spiro atoms. The molecule has 116 valence electrons. The second-order valence-corrected chi connectivity index (χ2v) is 6.26. The lowest BCUT2D eigenvalue weighted by Crippen LogP contribution is -2.51. The molecule has 0 aromatic heterocycles. The van der Waals surface area contributed by atoms with Gasteiger partial charge in [-0.25, -0.2) is 0 Å². The number of rotatable bonds is 4. The number of carbonyl (C=O) groups excluding carboxylic acids is 1. The van der Waals surface area contributed by atoms with Crippen molar-refractivity contribution in [2.75, 3.05) is 6.54 Å². The Hall–Kier alpha value is -1.39. The number of hydrogen-bond acceptors (Lipinski definition) is 3. The maximum atomic E-state index is 12.1. The van der Waals surface area contributed by atoms with Crippen molar-refractivity contribution in [3.8, 4) is 0 Å². The minimum Gasteiger partial charge on any atom is -0.393 e. The molecular formula is C17H26N2O2. The normalized spacial score (nSPS) is 26.6. The zero-order chi connectivity index (χ0) is 15.4. The van der Waals surface area contributed by atoms with Gasteiger partial charge in [0.2, 0.25) is 5.91 Å². The predicted octanol–water partition coefficient (Wildman–Crippen LogP) is 1.84. The number of likely N-dealkylation sites (tertiary alicyclic amines) is 1. The molecule has 1 saturated heterocycles. The number of aliphatic hydroxyl groups excluding tert-OH is 1. The third-order valence-electron chi connectivity index (χ3n) is 4.30. The molecule has 0 unspecified atom stereocenters. The number of benzene rings is 1. The van der Waals surface area contributed by atoms with E-state index in [0.29, 0.717) is 13.1 Å². The highest BCUT2D eigenvalue weighted by molar-refractivity contribution is 5.78. The van der Waals surface area contributed by atoms with Crippen LogP contribution in [0.4, 0.5) is 0 Å². The van der Waals surface area contributed by atoms with E-state index in [2.05, 4.69) is 43.1 Å². The fraction of sp³-hybridized carbons (Fsp3) is 0.588. The Labute approximate surface area is 127 Å². The van der Waals surface area contributed by atoms with Crippen molar-refractivity contribution in [1.29, 1.82) is 0 Å². The highest BCUT2D eigenvalue weighted by atomic mass is 16.3. The molecule has 2 N–H and O–H groups in total. The molecule has 0 aliphatic carbocycles. The quantitative estimate of drug-likeness (QED) is 0.890. The van der Waals surface area contributed by atoms with Crippen molar-refractivity contribution in [1.82, 2.24) is 10.2 Å². The van der Waals surface area contributed by atoms with E-state index in [-0.39, 0.29) is 24.1 Å². The number of amides is 1. The van der Waals surface area contributed by atoms with Gasteiger partial charge < -0.3 is 10.4 Å². The van der Waals surface area contributed by atoms with Crippen molar-refractivity contribution in [2.45, 2.75) is 58.3 Å². The van der Waals surface area contributed by atoms with Crippen molar-refractivity contribution in [3.05, 3.63) is 35.4 Å². The van der Waals surface area contributed by atoms with Gasteiger partial charge in [-0.15, -0.1) is 0 Å². The van der Waals surface area contributed by atoms with Crippen LogP contribution < -0.4 is 5.32 Å². The van der Waals surface area contributed by atoms with E-state index in [1.807, 2.05) is 12.1 Å². The summed E-state index contributed by atoms with van der Waals surface area (Å²) in [6.45, 7) is 7.17. The molecule has 1 aliphatic rings. The maximum absolute atomic E-state index is 12.1. The number of aliphatic hydroxyl groups is 1. The Morgan fingerprint density at radius 2 is 1.81 bits per heavy atom. The van der Waals surface area contributed by atoms with Gasteiger partial charge in [-0.05, 0) is 39.2 Å². The molecule has 2 rings (SSSR count). The molecule has 4 nitrogen and oxygen atoms in total. The molecule has 0 radical (unpaired) electrons. The first kappa shape index (κ1) is 16.0. The van der Waals surface area contributed by atoms with E-state index in [4.69, 9.17) is 0 Å². The van der Waals surface area contributed by atoms with E-state index in [9.17, 15) is 9.90 Å².